The highest BCUT2D eigenvalue weighted by molar-refractivity contribution is 5.81. The fourth-order valence-electron chi connectivity index (χ4n) is 2.51. The largest absolute Gasteiger partial charge is 0.459 e. The molecule has 0 aromatic heterocycles. The molecule has 0 saturated carbocycles. The Hall–Kier alpha value is -2.86. The van der Waals surface area contributed by atoms with Crippen molar-refractivity contribution in [3.63, 3.8) is 0 Å². The van der Waals surface area contributed by atoms with Crippen molar-refractivity contribution < 1.29 is 24.8 Å². The van der Waals surface area contributed by atoms with E-state index >= 15 is 0 Å². The number of carbonyl (C=O) groups excluding carboxylic acids is 2. The van der Waals surface area contributed by atoms with Gasteiger partial charge >= 0.3 is 12.1 Å². The first-order valence-corrected chi connectivity index (χ1v) is 9.16. The molecule has 2 aromatic rings. The van der Waals surface area contributed by atoms with Gasteiger partial charge < -0.3 is 20.5 Å². The predicted molar refractivity (Wildman–Crippen MR) is 101 cm³/mol. The Bertz CT molecular complexity index is 692. The number of alkyl carbamates (subject to hydrolysis) is 1. The summed E-state index contributed by atoms with van der Waals surface area (Å²) < 4.78 is 10.6. The van der Waals surface area contributed by atoms with E-state index in [1.54, 1.807) is 0 Å². The minimum absolute atomic E-state index is 0.150. The molecular formula is C21H27N2O4+. The van der Waals surface area contributed by atoms with Gasteiger partial charge in [-0.1, -0.05) is 60.7 Å². The molecule has 2 rings (SSSR count). The lowest BCUT2D eigenvalue weighted by atomic mass is 10.1. The van der Waals surface area contributed by atoms with Gasteiger partial charge in [-0.25, -0.2) is 9.59 Å². The maximum Gasteiger partial charge on any atom is 0.408 e. The standard InChI is InChI=1S/C21H26N2O4/c22-14-8-7-13-19(20(24)26-15-17-9-3-1-4-10-17)23-21(25)27-16-18-11-5-2-6-12-18/h1-6,9-12,19H,7-8,13-16,22H2,(H,23,25)/p+1/t19-/m0/s1. The molecule has 27 heavy (non-hydrogen) atoms. The van der Waals surface area contributed by atoms with E-state index in [0.717, 1.165) is 30.5 Å². The molecule has 0 aliphatic carbocycles. The molecule has 0 radical (unpaired) electrons. The minimum atomic E-state index is -0.733. The van der Waals surface area contributed by atoms with Gasteiger partial charge in [0, 0.05) is 0 Å². The third-order valence-corrected chi connectivity index (χ3v) is 4.01. The van der Waals surface area contributed by atoms with Crippen LogP contribution in [0.5, 0.6) is 0 Å². The van der Waals surface area contributed by atoms with Gasteiger partial charge in [0.15, 0.2) is 0 Å². The molecule has 0 aliphatic heterocycles. The second-order valence-electron chi connectivity index (χ2n) is 6.20. The molecule has 6 nitrogen and oxygen atoms in total. The summed E-state index contributed by atoms with van der Waals surface area (Å²) in [5.41, 5.74) is 5.58. The van der Waals surface area contributed by atoms with Crippen molar-refractivity contribution in [2.24, 2.45) is 0 Å². The van der Waals surface area contributed by atoms with Crippen LogP contribution >= 0.6 is 0 Å². The molecule has 1 atom stereocenters. The maximum absolute atomic E-state index is 12.4. The van der Waals surface area contributed by atoms with E-state index in [2.05, 4.69) is 11.1 Å². The van der Waals surface area contributed by atoms with Crippen LogP contribution in [0.4, 0.5) is 4.79 Å². The number of quaternary nitrogens is 1. The van der Waals surface area contributed by atoms with Gasteiger partial charge in [0.05, 0.1) is 6.54 Å². The Morgan fingerprint density at radius 2 is 1.41 bits per heavy atom. The van der Waals surface area contributed by atoms with Crippen LogP contribution in [-0.2, 0) is 27.5 Å². The van der Waals surface area contributed by atoms with Gasteiger partial charge in [-0.2, -0.15) is 0 Å². The lowest BCUT2D eigenvalue weighted by Crippen LogP contribution is -2.50. The van der Waals surface area contributed by atoms with Crippen LogP contribution in [0.2, 0.25) is 0 Å². The number of hydrogen-bond donors (Lipinski definition) is 2. The molecule has 0 fully saturated rings. The summed E-state index contributed by atoms with van der Waals surface area (Å²) in [7, 11) is 0. The number of ether oxygens (including phenoxy) is 2. The highest BCUT2D eigenvalue weighted by Crippen LogP contribution is 2.07. The number of unbranched alkanes of at least 4 members (excludes halogenated alkanes) is 1. The zero-order valence-electron chi connectivity index (χ0n) is 15.4. The molecule has 0 heterocycles. The van der Waals surface area contributed by atoms with Crippen molar-refractivity contribution in [1.82, 2.24) is 5.32 Å². The number of nitrogens with one attached hydrogen (secondary N) is 1. The average molecular weight is 371 g/mol. The van der Waals surface area contributed by atoms with E-state index in [1.165, 1.54) is 0 Å². The number of rotatable bonds is 10. The fourth-order valence-corrected chi connectivity index (χ4v) is 2.51. The Kier molecular flexibility index (Phi) is 8.86. The first-order chi connectivity index (χ1) is 13.2. The summed E-state index contributed by atoms with van der Waals surface area (Å²) in [6.45, 7) is 1.10. The third-order valence-electron chi connectivity index (χ3n) is 4.01. The van der Waals surface area contributed by atoms with E-state index < -0.39 is 18.1 Å². The van der Waals surface area contributed by atoms with Gasteiger partial charge in [-0.3, -0.25) is 0 Å². The number of amides is 1. The van der Waals surface area contributed by atoms with Crippen LogP contribution in [0.25, 0.3) is 0 Å². The molecule has 1 amide bonds. The summed E-state index contributed by atoms with van der Waals surface area (Å²) in [4.78, 5) is 24.5. The van der Waals surface area contributed by atoms with Gasteiger partial charge in [0.1, 0.15) is 19.3 Å². The molecule has 6 heteroatoms. The summed E-state index contributed by atoms with van der Waals surface area (Å²) >= 11 is 0. The van der Waals surface area contributed by atoms with E-state index in [-0.39, 0.29) is 13.2 Å². The van der Waals surface area contributed by atoms with E-state index in [1.807, 2.05) is 60.7 Å². The topological polar surface area (TPSA) is 92.3 Å². The Morgan fingerprint density at radius 1 is 0.852 bits per heavy atom. The quantitative estimate of drug-likeness (QED) is 0.496. The lowest BCUT2D eigenvalue weighted by molar-refractivity contribution is -0.368. The maximum atomic E-state index is 12.4. The Labute approximate surface area is 159 Å². The van der Waals surface area contributed by atoms with E-state index in [9.17, 15) is 9.59 Å². The smallest absolute Gasteiger partial charge is 0.408 e. The van der Waals surface area contributed by atoms with Crippen molar-refractivity contribution >= 4 is 12.1 Å². The predicted octanol–water partition coefficient (Wildman–Crippen LogP) is 2.44. The monoisotopic (exact) mass is 371 g/mol. The van der Waals surface area contributed by atoms with Crippen LogP contribution < -0.4 is 11.1 Å². The molecule has 0 bridgehead atoms. The van der Waals surface area contributed by atoms with Gasteiger partial charge in [0.25, 0.3) is 0 Å². The molecule has 144 valence electrons. The van der Waals surface area contributed by atoms with Gasteiger partial charge in [0.2, 0.25) is 0 Å². The van der Waals surface area contributed by atoms with Crippen LogP contribution in [0.15, 0.2) is 60.7 Å². The number of esters is 1. The van der Waals surface area contributed by atoms with E-state index in [4.69, 9.17) is 9.47 Å². The highest BCUT2D eigenvalue weighted by atomic mass is 16.6. The number of hydrogen-bond acceptors (Lipinski definition) is 4. The molecular weight excluding hydrogens is 344 g/mol. The second kappa shape index (κ2) is 11.7. The van der Waals surface area contributed by atoms with E-state index in [0.29, 0.717) is 6.42 Å². The average Bonchev–Trinajstić information content (AvgIpc) is 2.71. The van der Waals surface area contributed by atoms with Crippen molar-refractivity contribution in [2.45, 2.75) is 38.5 Å². The number of benzene rings is 2. The third kappa shape index (κ3) is 7.92. The molecule has 4 N–H and O–H groups in total. The summed E-state index contributed by atoms with van der Waals surface area (Å²) in [5, 5.41) is 2.63. The molecule has 2 aromatic carbocycles. The number of carbonyl (C=O) groups is 2. The summed E-state index contributed by atoms with van der Waals surface area (Å²) in [6, 6.07) is 18.1. The van der Waals surface area contributed by atoms with Gasteiger partial charge in [-0.05, 0) is 30.4 Å². The zero-order chi connectivity index (χ0) is 19.3. The molecule has 0 unspecified atom stereocenters. The zero-order valence-corrected chi connectivity index (χ0v) is 15.4. The van der Waals surface area contributed by atoms with Crippen molar-refractivity contribution in [2.75, 3.05) is 6.54 Å². The molecule has 0 saturated heterocycles. The van der Waals surface area contributed by atoms with Crippen molar-refractivity contribution in [1.29, 1.82) is 0 Å². The normalized spacial score (nSPS) is 11.4. The van der Waals surface area contributed by atoms with Gasteiger partial charge in [-0.15, -0.1) is 0 Å². The van der Waals surface area contributed by atoms with Crippen LogP contribution in [-0.4, -0.2) is 24.6 Å². The first-order valence-electron chi connectivity index (χ1n) is 9.16. The van der Waals surface area contributed by atoms with Crippen molar-refractivity contribution in [3.8, 4) is 0 Å². The van der Waals surface area contributed by atoms with Crippen molar-refractivity contribution in [3.05, 3.63) is 71.8 Å². The summed E-state index contributed by atoms with van der Waals surface area (Å²) in [6.07, 6.45) is 1.51. The fraction of sp³-hybridized carbons (Fsp3) is 0.333. The molecule has 0 spiro atoms. The molecule has 0 aliphatic rings. The SMILES string of the molecule is [NH3+]CCCC[C@H](NC(=O)OCc1ccccc1)C(=O)OCc1ccccc1. The minimum Gasteiger partial charge on any atom is -0.459 e. The van der Waals surface area contributed by atoms with Crippen LogP contribution in [0.3, 0.4) is 0 Å². The van der Waals surface area contributed by atoms with Crippen LogP contribution in [0.1, 0.15) is 30.4 Å². The first kappa shape index (κ1) is 20.5. The Morgan fingerprint density at radius 3 is 1.96 bits per heavy atom. The van der Waals surface area contributed by atoms with Crippen LogP contribution in [0, 0.1) is 0 Å². The Balaban J connectivity index is 1.85. The highest BCUT2D eigenvalue weighted by Gasteiger charge is 2.22. The lowest BCUT2D eigenvalue weighted by Gasteiger charge is -2.17. The summed E-state index contributed by atoms with van der Waals surface area (Å²) in [5.74, 6) is -0.459. The second-order valence-corrected chi connectivity index (χ2v) is 6.20.